The number of carbonyl (C=O) groups is 3. The molecule has 2 amide bonds. The number of amides is 2. The molecule has 1 aromatic rings. The number of likely N-dealkylation sites (tertiary alicyclic amines) is 1. The normalized spacial score (nSPS) is 22.5. The SMILES string of the molecule is CC(C)CC(=O)N1C[C@@H]2[C@H](CNC(=O)c3cccnc3)CO[C@@H]2C1.O=C(O)C(F)(F)F. The number of hydrogen-bond acceptors (Lipinski definition) is 5. The molecule has 8 nitrogen and oxygen atoms in total. The maximum Gasteiger partial charge on any atom is 0.490 e. The van der Waals surface area contributed by atoms with Crippen LogP contribution in [0.4, 0.5) is 13.2 Å². The fraction of sp³-hybridized carbons (Fsp3) is 0.600. The number of hydrogen-bond donors (Lipinski definition) is 2. The number of carboxylic acid groups (broad SMARTS) is 1. The Labute approximate surface area is 177 Å². The van der Waals surface area contributed by atoms with E-state index in [1.807, 2.05) is 4.90 Å². The second kappa shape index (κ2) is 10.6. The summed E-state index contributed by atoms with van der Waals surface area (Å²) in [5, 5.41) is 10.1. The number of nitrogens with zero attached hydrogens (tertiary/aromatic N) is 2. The molecule has 3 rings (SSSR count). The molecule has 31 heavy (non-hydrogen) atoms. The van der Waals surface area contributed by atoms with Crippen molar-refractivity contribution in [1.82, 2.24) is 15.2 Å². The van der Waals surface area contributed by atoms with Crippen molar-refractivity contribution in [2.45, 2.75) is 32.5 Å². The lowest BCUT2D eigenvalue weighted by molar-refractivity contribution is -0.192. The molecule has 0 radical (unpaired) electrons. The van der Waals surface area contributed by atoms with Crippen LogP contribution < -0.4 is 5.32 Å². The molecule has 3 atom stereocenters. The number of ether oxygens (including phenoxy) is 1. The molecule has 11 heteroatoms. The van der Waals surface area contributed by atoms with E-state index < -0.39 is 12.1 Å². The van der Waals surface area contributed by atoms with E-state index in [0.29, 0.717) is 43.5 Å². The molecular weight excluding hydrogens is 419 g/mol. The predicted octanol–water partition coefficient (Wildman–Crippen LogP) is 1.96. The first-order chi connectivity index (χ1) is 14.5. The second-order valence-electron chi connectivity index (χ2n) is 7.95. The smallest absolute Gasteiger partial charge is 0.475 e. The number of nitrogens with one attached hydrogen (secondary N) is 1. The van der Waals surface area contributed by atoms with Crippen LogP contribution in [0.3, 0.4) is 0 Å². The third-order valence-electron chi connectivity index (χ3n) is 5.07. The topological polar surface area (TPSA) is 109 Å². The van der Waals surface area contributed by atoms with Crippen molar-refractivity contribution in [3.8, 4) is 0 Å². The van der Waals surface area contributed by atoms with E-state index in [1.165, 1.54) is 0 Å². The highest BCUT2D eigenvalue weighted by Gasteiger charge is 2.45. The van der Waals surface area contributed by atoms with Gasteiger partial charge < -0.3 is 20.1 Å². The number of aliphatic carboxylic acids is 1. The monoisotopic (exact) mass is 445 g/mol. The number of carbonyl (C=O) groups excluding carboxylic acids is 2. The van der Waals surface area contributed by atoms with Crippen LogP contribution in [0.25, 0.3) is 0 Å². The van der Waals surface area contributed by atoms with Crippen molar-refractivity contribution in [2.75, 3.05) is 26.2 Å². The predicted molar refractivity (Wildman–Crippen MR) is 103 cm³/mol. The van der Waals surface area contributed by atoms with E-state index in [2.05, 4.69) is 24.1 Å². The van der Waals surface area contributed by atoms with Gasteiger partial charge in [-0.2, -0.15) is 13.2 Å². The van der Waals surface area contributed by atoms with Crippen LogP contribution >= 0.6 is 0 Å². The van der Waals surface area contributed by atoms with Gasteiger partial charge in [-0.1, -0.05) is 13.8 Å². The minimum Gasteiger partial charge on any atom is -0.475 e. The maximum atomic E-state index is 12.2. The summed E-state index contributed by atoms with van der Waals surface area (Å²) >= 11 is 0. The summed E-state index contributed by atoms with van der Waals surface area (Å²) in [5.41, 5.74) is 0.563. The summed E-state index contributed by atoms with van der Waals surface area (Å²) in [6.45, 7) is 6.76. The lowest BCUT2D eigenvalue weighted by Crippen LogP contribution is -2.35. The lowest BCUT2D eigenvalue weighted by Gasteiger charge is -2.21. The number of fused-ring (bicyclic) bond motifs is 1. The molecule has 0 aliphatic carbocycles. The molecule has 1 aromatic heterocycles. The summed E-state index contributed by atoms with van der Waals surface area (Å²) in [4.78, 5) is 39.1. The highest BCUT2D eigenvalue weighted by molar-refractivity contribution is 5.93. The minimum absolute atomic E-state index is 0.112. The number of pyridine rings is 1. The Balaban J connectivity index is 0.000000423. The summed E-state index contributed by atoms with van der Waals surface area (Å²) in [5.74, 6) is -1.72. The van der Waals surface area contributed by atoms with E-state index in [1.54, 1.807) is 24.5 Å². The number of carboxylic acids is 1. The van der Waals surface area contributed by atoms with Crippen LogP contribution in [0.2, 0.25) is 0 Å². The molecule has 0 aromatic carbocycles. The summed E-state index contributed by atoms with van der Waals surface area (Å²) in [6, 6.07) is 3.50. The maximum absolute atomic E-state index is 12.2. The molecule has 3 heterocycles. The van der Waals surface area contributed by atoms with E-state index in [4.69, 9.17) is 14.6 Å². The fourth-order valence-corrected chi connectivity index (χ4v) is 3.51. The van der Waals surface area contributed by atoms with E-state index >= 15 is 0 Å². The molecular formula is C20H26F3N3O5. The van der Waals surface area contributed by atoms with Crippen LogP contribution in [0.1, 0.15) is 30.6 Å². The Kier molecular flexibility index (Phi) is 8.37. The summed E-state index contributed by atoms with van der Waals surface area (Å²) in [7, 11) is 0. The van der Waals surface area contributed by atoms with E-state index in [0.717, 1.165) is 6.54 Å². The van der Waals surface area contributed by atoms with Gasteiger partial charge in [-0.3, -0.25) is 14.6 Å². The standard InChI is InChI=1S/C18H25N3O3.C2HF3O2/c1-12(2)6-17(22)21-9-15-14(11-24-16(15)10-21)8-20-18(23)13-4-3-5-19-7-13;3-2(4,5)1(6)7/h3-5,7,12,14-16H,6,8-11H2,1-2H3,(H,20,23);(H,6,7)/t14-,15-,16-;/m1./s1. The highest BCUT2D eigenvalue weighted by Crippen LogP contribution is 2.33. The van der Waals surface area contributed by atoms with Gasteiger partial charge >= 0.3 is 12.1 Å². The van der Waals surface area contributed by atoms with Crippen LogP contribution in [-0.4, -0.2) is 71.3 Å². The zero-order valence-corrected chi connectivity index (χ0v) is 17.3. The Morgan fingerprint density at radius 2 is 2.00 bits per heavy atom. The van der Waals surface area contributed by atoms with E-state index in [-0.39, 0.29) is 23.8 Å². The number of rotatable bonds is 5. The molecule has 0 saturated carbocycles. The van der Waals surface area contributed by atoms with Crippen molar-refractivity contribution in [2.24, 2.45) is 17.8 Å². The van der Waals surface area contributed by atoms with Gasteiger partial charge in [-0.15, -0.1) is 0 Å². The minimum atomic E-state index is -5.08. The Bertz CT molecular complexity index is 773. The lowest BCUT2D eigenvalue weighted by atomic mass is 9.93. The fourth-order valence-electron chi connectivity index (χ4n) is 3.51. The molecule has 0 bridgehead atoms. The van der Waals surface area contributed by atoms with Gasteiger partial charge in [0, 0.05) is 50.3 Å². The first kappa shape index (κ1) is 24.6. The van der Waals surface area contributed by atoms with Crippen molar-refractivity contribution >= 4 is 17.8 Å². The molecule has 0 unspecified atom stereocenters. The van der Waals surface area contributed by atoms with Crippen LogP contribution in [-0.2, 0) is 14.3 Å². The van der Waals surface area contributed by atoms with Crippen molar-refractivity contribution < 1.29 is 37.4 Å². The van der Waals surface area contributed by atoms with Gasteiger partial charge in [0.05, 0.1) is 18.3 Å². The number of aromatic nitrogens is 1. The molecule has 172 valence electrons. The van der Waals surface area contributed by atoms with Gasteiger partial charge in [0.1, 0.15) is 0 Å². The largest absolute Gasteiger partial charge is 0.490 e. The number of halogens is 3. The van der Waals surface area contributed by atoms with Gasteiger partial charge in [-0.05, 0) is 18.1 Å². The van der Waals surface area contributed by atoms with Crippen molar-refractivity contribution in [3.63, 3.8) is 0 Å². The first-order valence-corrected chi connectivity index (χ1v) is 9.86. The van der Waals surface area contributed by atoms with Gasteiger partial charge in [0.15, 0.2) is 0 Å². The highest BCUT2D eigenvalue weighted by atomic mass is 19.4. The Morgan fingerprint density at radius 1 is 1.32 bits per heavy atom. The average Bonchev–Trinajstić information content (AvgIpc) is 3.27. The molecule has 2 saturated heterocycles. The van der Waals surface area contributed by atoms with Gasteiger partial charge in [0.25, 0.3) is 5.91 Å². The van der Waals surface area contributed by atoms with Crippen LogP contribution in [0.15, 0.2) is 24.5 Å². The van der Waals surface area contributed by atoms with Gasteiger partial charge in [-0.25, -0.2) is 4.79 Å². The zero-order valence-electron chi connectivity index (χ0n) is 17.3. The second-order valence-corrected chi connectivity index (χ2v) is 7.95. The molecule has 2 N–H and O–H groups in total. The molecule has 0 spiro atoms. The molecule has 2 aliphatic heterocycles. The zero-order chi connectivity index (χ0) is 23.2. The van der Waals surface area contributed by atoms with Crippen molar-refractivity contribution in [1.29, 1.82) is 0 Å². The first-order valence-electron chi connectivity index (χ1n) is 9.86. The van der Waals surface area contributed by atoms with Gasteiger partial charge in [0.2, 0.25) is 5.91 Å². The van der Waals surface area contributed by atoms with E-state index in [9.17, 15) is 22.8 Å². The van der Waals surface area contributed by atoms with Crippen molar-refractivity contribution in [3.05, 3.63) is 30.1 Å². The molecule has 2 aliphatic rings. The third-order valence-corrected chi connectivity index (χ3v) is 5.07. The quantitative estimate of drug-likeness (QED) is 0.717. The third kappa shape index (κ3) is 7.20. The number of alkyl halides is 3. The van der Waals surface area contributed by atoms with Crippen LogP contribution in [0.5, 0.6) is 0 Å². The average molecular weight is 445 g/mol. The van der Waals surface area contributed by atoms with Crippen LogP contribution in [0, 0.1) is 17.8 Å². The summed E-state index contributed by atoms with van der Waals surface area (Å²) < 4.78 is 37.6. The molecule has 2 fully saturated rings. The summed E-state index contributed by atoms with van der Waals surface area (Å²) in [6.07, 6.45) is -1.18. The Hall–Kier alpha value is -2.69. The Morgan fingerprint density at radius 3 is 2.55 bits per heavy atom.